The molecular weight excluding hydrogens is 805 g/mol. The van der Waals surface area contributed by atoms with Gasteiger partial charge >= 0.3 is 17.9 Å². The minimum Gasteiger partial charge on any atom is -0.462 e. The SMILES string of the molecule is CC/C=C\C/C=C\C/C=C\C/C=C\CCCCCCCCCCCCCCC(=O)OCC(COC(=O)CCCCCCC/C=C\CCC)OC(=O)CCCCCCC/C=C\CCCCC. The van der Waals surface area contributed by atoms with E-state index in [0.717, 1.165) is 109 Å². The van der Waals surface area contributed by atoms with E-state index in [9.17, 15) is 14.4 Å². The molecule has 1 unspecified atom stereocenters. The molecule has 0 bridgehead atoms. The number of rotatable bonds is 49. The van der Waals surface area contributed by atoms with E-state index in [2.05, 4.69) is 93.7 Å². The van der Waals surface area contributed by atoms with Crippen molar-refractivity contribution in [3.8, 4) is 0 Å². The molecule has 0 rings (SSSR count). The lowest BCUT2D eigenvalue weighted by molar-refractivity contribution is -0.167. The van der Waals surface area contributed by atoms with E-state index in [1.54, 1.807) is 0 Å². The molecule has 0 saturated heterocycles. The molecule has 374 valence electrons. The van der Waals surface area contributed by atoms with Gasteiger partial charge in [-0.25, -0.2) is 0 Å². The number of unbranched alkanes of at least 4 members (excludes halogenated alkanes) is 26. The van der Waals surface area contributed by atoms with Crippen LogP contribution in [0.4, 0.5) is 0 Å². The Labute approximate surface area is 402 Å². The van der Waals surface area contributed by atoms with Crippen LogP contribution in [0.3, 0.4) is 0 Å². The first kappa shape index (κ1) is 61.9. The summed E-state index contributed by atoms with van der Waals surface area (Å²) in [5.41, 5.74) is 0. The zero-order valence-electron chi connectivity index (χ0n) is 42.7. The van der Waals surface area contributed by atoms with Gasteiger partial charge in [-0.15, -0.1) is 0 Å². The largest absolute Gasteiger partial charge is 0.462 e. The van der Waals surface area contributed by atoms with Crippen LogP contribution in [-0.4, -0.2) is 37.2 Å². The highest BCUT2D eigenvalue weighted by atomic mass is 16.6. The zero-order valence-corrected chi connectivity index (χ0v) is 42.7. The molecule has 0 spiro atoms. The standard InChI is InChI=1S/C59H102O6/c1-4-7-10-13-16-19-22-24-25-26-27-28-29-30-31-32-33-34-35-36-38-40-43-46-49-52-58(61)64-55-56(54-63-57(60)51-48-45-42-39-21-18-15-12-9-6-3)65-59(62)53-50-47-44-41-37-23-20-17-14-11-8-5-2/h7,10,12,15-17,19-20,24-25,27-28,56H,4-6,8-9,11,13-14,18,21-23,26,29-55H2,1-3H3/b10-7-,15-12-,19-16-,20-17-,25-24-,28-27-. The number of esters is 3. The fourth-order valence-corrected chi connectivity index (χ4v) is 7.55. The summed E-state index contributed by atoms with van der Waals surface area (Å²) in [6.07, 6.45) is 67.6. The molecule has 0 aliphatic rings. The summed E-state index contributed by atoms with van der Waals surface area (Å²) < 4.78 is 16.8. The number of carbonyl (C=O) groups is 3. The molecule has 0 amide bonds. The van der Waals surface area contributed by atoms with E-state index >= 15 is 0 Å². The predicted molar refractivity (Wildman–Crippen MR) is 279 cm³/mol. The van der Waals surface area contributed by atoms with Gasteiger partial charge < -0.3 is 14.2 Å². The number of allylic oxidation sites excluding steroid dienone is 12. The fourth-order valence-electron chi connectivity index (χ4n) is 7.55. The summed E-state index contributed by atoms with van der Waals surface area (Å²) in [4.78, 5) is 37.9. The molecule has 0 fully saturated rings. The van der Waals surface area contributed by atoms with Crippen molar-refractivity contribution in [2.75, 3.05) is 13.2 Å². The second-order valence-electron chi connectivity index (χ2n) is 18.1. The summed E-state index contributed by atoms with van der Waals surface area (Å²) in [6.45, 7) is 6.43. The molecule has 6 nitrogen and oxygen atoms in total. The van der Waals surface area contributed by atoms with Gasteiger partial charge in [0.05, 0.1) is 0 Å². The van der Waals surface area contributed by atoms with E-state index in [1.165, 1.54) is 116 Å². The molecule has 0 saturated carbocycles. The van der Waals surface area contributed by atoms with Crippen LogP contribution < -0.4 is 0 Å². The van der Waals surface area contributed by atoms with Gasteiger partial charge in [-0.1, -0.05) is 216 Å². The maximum Gasteiger partial charge on any atom is 0.306 e. The molecule has 65 heavy (non-hydrogen) atoms. The minimum absolute atomic E-state index is 0.0815. The van der Waals surface area contributed by atoms with Gasteiger partial charge in [0.25, 0.3) is 0 Å². The lowest BCUT2D eigenvalue weighted by Crippen LogP contribution is -2.30. The first-order chi connectivity index (χ1) is 32.0. The molecule has 0 N–H and O–H groups in total. The summed E-state index contributed by atoms with van der Waals surface area (Å²) >= 11 is 0. The van der Waals surface area contributed by atoms with E-state index in [1.807, 2.05) is 0 Å². The second kappa shape index (κ2) is 53.5. The Bertz CT molecular complexity index is 1230. The zero-order chi connectivity index (χ0) is 47.2. The van der Waals surface area contributed by atoms with E-state index in [4.69, 9.17) is 14.2 Å². The summed E-state index contributed by atoms with van der Waals surface area (Å²) in [5.74, 6) is -0.900. The Kier molecular flexibility index (Phi) is 50.9. The molecule has 0 aliphatic carbocycles. The van der Waals surface area contributed by atoms with Crippen LogP contribution in [0.1, 0.15) is 265 Å². The fraction of sp³-hybridized carbons (Fsp3) is 0.746. The van der Waals surface area contributed by atoms with Crippen LogP contribution in [0.5, 0.6) is 0 Å². The van der Waals surface area contributed by atoms with Crippen molar-refractivity contribution in [1.82, 2.24) is 0 Å². The molecule has 1 atom stereocenters. The average Bonchev–Trinajstić information content (AvgIpc) is 3.30. The van der Waals surface area contributed by atoms with Crippen LogP contribution >= 0.6 is 0 Å². The van der Waals surface area contributed by atoms with Gasteiger partial charge in [-0.2, -0.15) is 0 Å². The normalized spacial score (nSPS) is 12.6. The number of ether oxygens (including phenoxy) is 3. The highest BCUT2D eigenvalue weighted by Gasteiger charge is 2.19. The second-order valence-corrected chi connectivity index (χ2v) is 18.1. The van der Waals surface area contributed by atoms with Crippen molar-refractivity contribution in [3.63, 3.8) is 0 Å². The van der Waals surface area contributed by atoms with Crippen LogP contribution in [0, 0.1) is 0 Å². The first-order valence-electron chi connectivity index (χ1n) is 27.4. The molecule has 0 aromatic heterocycles. The summed E-state index contributed by atoms with van der Waals surface area (Å²) in [5, 5.41) is 0. The van der Waals surface area contributed by atoms with Crippen LogP contribution in [0.15, 0.2) is 72.9 Å². The van der Waals surface area contributed by atoms with E-state index in [0.29, 0.717) is 19.3 Å². The smallest absolute Gasteiger partial charge is 0.306 e. The first-order valence-corrected chi connectivity index (χ1v) is 27.4. The van der Waals surface area contributed by atoms with Crippen LogP contribution in [0.2, 0.25) is 0 Å². The summed E-state index contributed by atoms with van der Waals surface area (Å²) in [6, 6.07) is 0. The van der Waals surface area contributed by atoms with Gasteiger partial charge in [0, 0.05) is 19.3 Å². The van der Waals surface area contributed by atoms with Gasteiger partial charge in [0.2, 0.25) is 0 Å². The number of hydrogen-bond acceptors (Lipinski definition) is 6. The molecule has 0 radical (unpaired) electrons. The van der Waals surface area contributed by atoms with Crippen molar-refractivity contribution in [2.24, 2.45) is 0 Å². The third kappa shape index (κ3) is 51.7. The lowest BCUT2D eigenvalue weighted by Gasteiger charge is -2.18. The molecular formula is C59H102O6. The van der Waals surface area contributed by atoms with Gasteiger partial charge in [0.15, 0.2) is 6.10 Å². The predicted octanol–water partition coefficient (Wildman–Crippen LogP) is 18.2. The minimum atomic E-state index is -0.781. The molecule has 0 heterocycles. The van der Waals surface area contributed by atoms with Crippen molar-refractivity contribution in [2.45, 2.75) is 271 Å². The summed E-state index contributed by atoms with van der Waals surface area (Å²) in [7, 11) is 0. The number of carbonyl (C=O) groups excluding carboxylic acids is 3. The molecule has 0 aromatic rings. The highest BCUT2D eigenvalue weighted by Crippen LogP contribution is 2.15. The van der Waals surface area contributed by atoms with Gasteiger partial charge in [0.1, 0.15) is 13.2 Å². The molecule has 6 heteroatoms. The monoisotopic (exact) mass is 907 g/mol. The lowest BCUT2D eigenvalue weighted by atomic mass is 10.0. The van der Waals surface area contributed by atoms with Crippen molar-refractivity contribution >= 4 is 17.9 Å². The third-order valence-electron chi connectivity index (χ3n) is 11.6. The highest BCUT2D eigenvalue weighted by molar-refractivity contribution is 5.71. The van der Waals surface area contributed by atoms with Gasteiger partial charge in [-0.3, -0.25) is 14.4 Å². The topological polar surface area (TPSA) is 78.9 Å². The van der Waals surface area contributed by atoms with E-state index < -0.39 is 6.10 Å². The van der Waals surface area contributed by atoms with Crippen molar-refractivity contribution < 1.29 is 28.6 Å². The Balaban J connectivity index is 4.21. The van der Waals surface area contributed by atoms with Crippen LogP contribution in [-0.2, 0) is 28.6 Å². The maximum absolute atomic E-state index is 12.8. The third-order valence-corrected chi connectivity index (χ3v) is 11.6. The quantitative estimate of drug-likeness (QED) is 0.0262. The number of hydrogen-bond donors (Lipinski definition) is 0. The Hall–Kier alpha value is -3.15. The van der Waals surface area contributed by atoms with Crippen molar-refractivity contribution in [1.29, 1.82) is 0 Å². The Morgan fingerprint density at radius 3 is 1.02 bits per heavy atom. The van der Waals surface area contributed by atoms with Crippen LogP contribution in [0.25, 0.3) is 0 Å². The average molecular weight is 907 g/mol. The molecule has 0 aromatic carbocycles. The van der Waals surface area contributed by atoms with E-state index in [-0.39, 0.29) is 31.1 Å². The molecule has 0 aliphatic heterocycles. The van der Waals surface area contributed by atoms with Gasteiger partial charge in [-0.05, 0) is 103 Å². The maximum atomic E-state index is 12.8. The van der Waals surface area contributed by atoms with Crippen molar-refractivity contribution in [3.05, 3.63) is 72.9 Å². The Morgan fingerprint density at radius 2 is 0.631 bits per heavy atom. The Morgan fingerprint density at radius 1 is 0.323 bits per heavy atom.